The van der Waals surface area contributed by atoms with Crippen molar-refractivity contribution in [2.45, 2.75) is 6.92 Å². The van der Waals surface area contributed by atoms with Gasteiger partial charge in [0, 0.05) is 11.1 Å². The molecule has 8 nitrogen and oxygen atoms in total. The second-order valence-electron chi connectivity index (χ2n) is 12.1. The number of hydrogen-bond donors (Lipinski definition) is 2. The Bertz CT molecular complexity index is 2550. The van der Waals surface area contributed by atoms with Crippen LogP contribution in [0.3, 0.4) is 0 Å². The largest absolute Gasteiger partial charge is 0.457 e. The monoisotopic (exact) mass is 768 g/mol. The van der Waals surface area contributed by atoms with Gasteiger partial charge in [0.2, 0.25) is 0 Å². The molecule has 0 unspecified atom stereocenters. The fourth-order valence-electron chi connectivity index (χ4n) is 5.40. The summed E-state index contributed by atoms with van der Waals surface area (Å²) < 4.78 is 66.1. The molecule has 0 atom stereocenters. The predicted molar refractivity (Wildman–Crippen MR) is 211 cm³/mol. The molecular formula is C45H32F4N4O4. The van der Waals surface area contributed by atoms with Gasteiger partial charge in [-0.15, -0.1) is 0 Å². The lowest BCUT2D eigenvalue weighted by Gasteiger charge is -2.10. The van der Waals surface area contributed by atoms with Gasteiger partial charge in [0.1, 0.15) is 28.8 Å². The molecule has 284 valence electrons. The van der Waals surface area contributed by atoms with Gasteiger partial charge in [-0.05, 0) is 66.2 Å². The summed E-state index contributed by atoms with van der Waals surface area (Å²) in [7, 11) is 0. The maximum atomic E-state index is 14.0. The lowest BCUT2D eigenvalue weighted by atomic mass is 10.1. The number of nitrogens with zero attached hydrogens (tertiary/aromatic N) is 2. The third-order valence-corrected chi connectivity index (χ3v) is 8.28. The Morgan fingerprint density at radius 2 is 0.982 bits per heavy atom. The number of carbonyl (C=O) groups excluding carboxylic acids is 2. The number of benzene rings is 7. The fraction of sp³-hybridized carbons (Fsp3) is 0.0222. The lowest BCUT2D eigenvalue weighted by Crippen LogP contribution is -2.19. The van der Waals surface area contributed by atoms with E-state index in [2.05, 4.69) is 21.1 Å². The van der Waals surface area contributed by atoms with Crippen LogP contribution in [0.2, 0.25) is 0 Å². The molecule has 2 N–H and O–H groups in total. The Morgan fingerprint density at radius 3 is 1.56 bits per heavy atom. The Balaban J connectivity index is 0.000000193. The first-order chi connectivity index (χ1) is 27.7. The molecule has 0 aliphatic rings. The van der Waals surface area contributed by atoms with Gasteiger partial charge in [-0.25, -0.2) is 28.4 Å². The van der Waals surface area contributed by atoms with Crippen LogP contribution in [0.15, 0.2) is 162 Å². The van der Waals surface area contributed by atoms with Crippen molar-refractivity contribution in [1.82, 2.24) is 10.9 Å². The van der Waals surface area contributed by atoms with E-state index in [4.69, 9.17) is 9.47 Å². The average molecular weight is 769 g/mol. The molecule has 0 radical (unpaired) electrons. The third-order valence-electron chi connectivity index (χ3n) is 8.28. The number of amides is 2. The summed E-state index contributed by atoms with van der Waals surface area (Å²) >= 11 is 0. The molecule has 0 saturated carbocycles. The standard InChI is InChI=1S/C24H18N2O2.C21H14F4N2O2/c27-24(22-15-6-7-16-23(22)28-20-12-2-1-3-13-20)26-25-17-19-11-8-10-18-9-4-5-14-21(18)19;1-12-17(22)15(19(24)20(25)18(12)23)11-26-27-21(28)14-9-5-6-10-16(14)29-13-7-3-2-4-8-13/h1-17H,(H,26,27);2-11H,1H3,(H,27,28)/b25-17+;26-11+. The highest BCUT2D eigenvalue weighted by Gasteiger charge is 2.22. The first-order valence-corrected chi connectivity index (χ1v) is 17.3. The van der Waals surface area contributed by atoms with E-state index in [1.807, 2.05) is 78.9 Å². The number of ether oxygens (including phenoxy) is 2. The van der Waals surface area contributed by atoms with E-state index >= 15 is 0 Å². The van der Waals surface area contributed by atoms with E-state index in [0.717, 1.165) is 23.3 Å². The van der Waals surface area contributed by atoms with Gasteiger partial charge in [-0.2, -0.15) is 10.2 Å². The molecule has 0 aliphatic heterocycles. The number of hydrogen-bond acceptors (Lipinski definition) is 6. The summed E-state index contributed by atoms with van der Waals surface area (Å²) in [5, 5.41) is 9.79. The number of para-hydroxylation sites is 4. The molecule has 7 rings (SSSR count). The summed E-state index contributed by atoms with van der Waals surface area (Å²) in [4.78, 5) is 25.0. The van der Waals surface area contributed by atoms with Crippen LogP contribution in [0.1, 0.15) is 37.4 Å². The zero-order valence-corrected chi connectivity index (χ0v) is 30.1. The summed E-state index contributed by atoms with van der Waals surface area (Å²) in [5.74, 6) is -5.68. The first-order valence-electron chi connectivity index (χ1n) is 17.3. The molecule has 0 aromatic heterocycles. The Kier molecular flexibility index (Phi) is 12.8. The van der Waals surface area contributed by atoms with Crippen LogP contribution in [-0.4, -0.2) is 24.2 Å². The van der Waals surface area contributed by atoms with Crippen LogP contribution in [0.4, 0.5) is 17.6 Å². The molecule has 12 heteroatoms. The van der Waals surface area contributed by atoms with Crippen molar-refractivity contribution < 1.29 is 36.6 Å². The molecule has 57 heavy (non-hydrogen) atoms. The molecule has 0 fully saturated rings. The summed E-state index contributed by atoms with van der Waals surface area (Å²) in [6.07, 6.45) is 2.22. The van der Waals surface area contributed by atoms with Gasteiger partial charge in [0.05, 0.1) is 29.1 Å². The Morgan fingerprint density at radius 1 is 0.509 bits per heavy atom. The van der Waals surface area contributed by atoms with E-state index in [0.29, 0.717) is 29.0 Å². The number of rotatable bonds is 10. The number of halogens is 4. The molecule has 0 bridgehead atoms. The van der Waals surface area contributed by atoms with Gasteiger partial charge in [0.25, 0.3) is 11.8 Å². The minimum Gasteiger partial charge on any atom is -0.457 e. The van der Waals surface area contributed by atoms with Gasteiger partial charge < -0.3 is 9.47 Å². The van der Waals surface area contributed by atoms with Crippen LogP contribution < -0.4 is 20.3 Å². The molecule has 2 amide bonds. The number of carbonyl (C=O) groups is 2. The Labute approximate surface area is 324 Å². The van der Waals surface area contributed by atoms with Crippen molar-refractivity contribution in [2.24, 2.45) is 10.2 Å². The van der Waals surface area contributed by atoms with Crippen molar-refractivity contribution in [2.75, 3.05) is 0 Å². The molecule has 0 heterocycles. The molecule has 7 aromatic carbocycles. The predicted octanol–water partition coefficient (Wildman–Crippen LogP) is 10.5. The molecule has 0 aliphatic carbocycles. The topological polar surface area (TPSA) is 101 Å². The van der Waals surface area contributed by atoms with E-state index < -0.39 is 40.3 Å². The fourth-order valence-corrected chi connectivity index (χ4v) is 5.40. The van der Waals surface area contributed by atoms with E-state index in [9.17, 15) is 27.2 Å². The van der Waals surface area contributed by atoms with E-state index in [1.165, 1.54) is 6.07 Å². The number of hydrazone groups is 2. The SMILES string of the molecule is Cc1c(F)c(F)c(F)c(/C=N/NC(=O)c2ccccc2Oc2ccccc2)c1F.O=C(N/N=C/c1cccc2ccccc12)c1ccccc1Oc1ccccc1. The Hall–Kier alpha value is -7.60. The van der Waals surface area contributed by atoms with E-state index in [-0.39, 0.29) is 17.2 Å². The van der Waals surface area contributed by atoms with Crippen LogP contribution in [0, 0.1) is 30.2 Å². The minimum atomic E-state index is -1.82. The molecule has 0 spiro atoms. The van der Waals surface area contributed by atoms with Crippen LogP contribution in [0.5, 0.6) is 23.0 Å². The number of nitrogens with one attached hydrogen (secondary N) is 2. The first kappa shape index (κ1) is 39.1. The summed E-state index contributed by atoms with van der Waals surface area (Å²) in [6, 6.07) is 45.5. The zero-order chi connectivity index (χ0) is 40.1. The van der Waals surface area contributed by atoms with Crippen molar-refractivity contribution in [3.8, 4) is 23.0 Å². The van der Waals surface area contributed by atoms with Crippen molar-refractivity contribution >= 4 is 35.0 Å². The minimum absolute atomic E-state index is 0.107. The highest BCUT2D eigenvalue weighted by molar-refractivity contribution is 6.01. The van der Waals surface area contributed by atoms with Crippen molar-refractivity contribution in [1.29, 1.82) is 0 Å². The normalized spacial score (nSPS) is 10.9. The van der Waals surface area contributed by atoms with Crippen LogP contribution in [-0.2, 0) is 0 Å². The highest BCUT2D eigenvalue weighted by Crippen LogP contribution is 2.27. The molecular weight excluding hydrogens is 737 g/mol. The quantitative estimate of drug-likeness (QED) is 0.0476. The summed E-state index contributed by atoms with van der Waals surface area (Å²) in [5.41, 5.74) is 4.53. The molecule has 0 saturated heterocycles. The second-order valence-corrected chi connectivity index (χ2v) is 12.1. The van der Waals surface area contributed by atoms with Crippen molar-refractivity contribution in [3.05, 3.63) is 203 Å². The maximum absolute atomic E-state index is 14.0. The van der Waals surface area contributed by atoms with Crippen molar-refractivity contribution in [3.63, 3.8) is 0 Å². The van der Waals surface area contributed by atoms with Gasteiger partial charge >= 0.3 is 0 Å². The number of fused-ring (bicyclic) bond motifs is 1. The van der Waals surface area contributed by atoms with Gasteiger partial charge in [-0.1, -0.05) is 103 Å². The average Bonchev–Trinajstić information content (AvgIpc) is 3.25. The van der Waals surface area contributed by atoms with Gasteiger partial charge in [-0.3, -0.25) is 9.59 Å². The molecule has 7 aromatic rings. The lowest BCUT2D eigenvalue weighted by molar-refractivity contribution is 0.0944. The van der Waals surface area contributed by atoms with Gasteiger partial charge in [0.15, 0.2) is 17.5 Å². The zero-order valence-electron chi connectivity index (χ0n) is 30.1. The maximum Gasteiger partial charge on any atom is 0.275 e. The third kappa shape index (κ3) is 9.75. The van der Waals surface area contributed by atoms with Crippen LogP contribution >= 0.6 is 0 Å². The highest BCUT2D eigenvalue weighted by atomic mass is 19.2. The van der Waals surface area contributed by atoms with Crippen LogP contribution in [0.25, 0.3) is 10.8 Å². The smallest absolute Gasteiger partial charge is 0.275 e. The summed E-state index contributed by atoms with van der Waals surface area (Å²) in [6.45, 7) is 0.959. The van der Waals surface area contributed by atoms with E-state index in [1.54, 1.807) is 72.9 Å². The second kappa shape index (κ2) is 18.6.